The fourth-order valence-corrected chi connectivity index (χ4v) is 3.14. The number of carbonyl (C=O) groups is 1. The quantitative estimate of drug-likeness (QED) is 0.789. The third-order valence-corrected chi connectivity index (χ3v) is 4.21. The molecule has 1 fully saturated rings. The molecular formula is C15H18N4O3S. The molecule has 2 atom stereocenters. The number of pyridine rings is 1. The van der Waals surface area contributed by atoms with Gasteiger partial charge in [-0.05, 0) is 26.0 Å². The molecule has 2 unspecified atom stereocenters. The van der Waals surface area contributed by atoms with Crippen molar-refractivity contribution < 1.29 is 13.9 Å². The first kappa shape index (κ1) is 15.9. The molecule has 2 aromatic heterocycles. The Labute approximate surface area is 138 Å². The van der Waals surface area contributed by atoms with Crippen LogP contribution in [0.25, 0.3) is 11.5 Å². The minimum absolute atomic E-state index is 0.0538. The largest absolute Gasteiger partial charge is 0.411 e. The van der Waals surface area contributed by atoms with E-state index in [4.69, 9.17) is 9.15 Å². The molecular weight excluding hydrogens is 316 g/mol. The molecule has 0 aromatic carbocycles. The molecule has 3 rings (SSSR count). The Hall–Kier alpha value is -1.93. The normalized spacial score (nSPS) is 21.4. The van der Waals surface area contributed by atoms with Crippen LogP contribution in [0.4, 0.5) is 0 Å². The number of aromatic nitrogens is 3. The number of rotatable bonds is 4. The maximum absolute atomic E-state index is 12.3. The van der Waals surface area contributed by atoms with Crippen LogP contribution >= 0.6 is 11.8 Å². The number of amides is 1. The highest BCUT2D eigenvalue weighted by Gasteiger charge is 2.26. The van der Waals surface area contributed by atoms with Gasteiger partial charge in [-0.25, -0.2) is 0 Å². The van der Waals surface area contributed by atoms with Crippen LogP contribution in [-0.2, 0) is 9.53 Å². The van der Waals surface area contributed by atoms with Gasteiger partial charge in [0.05, 0.1) is 23.5 Å². The van der Waals surface area contributed by atoms with Crippen molar-refractivity contribution in [1.29, 1.82) is 0 Å². The highest BCUT2D eigenvalue weighted by molar-refractivity contribution is 7.99. The fraction of sp³-hybridized carbons (Fsp3) is 0.467. The molecule has 3 heterocycles. The lowest BCUT2D eigenvalue weighted by Gasteiger charge is -2.35. The predicted molar refractivity (Wildman–Crippen MR) is 84.8 cm³/mol. The Kier molecular flexibility index (Phi) is 4.92. The number of hydrogen-bond acceptors (Lipinski definition) is 7. The number of ether oxygens (including phenoxy) is 1. The second kappa shape index (κ2) is 7.10. The van der Waals surface area contributed by atoms with Crippen LogP contribution < -0.4 is 0 Å². The third-order valence-electron chi connectivity index (χ3n) is 3.41. The van der Waals surface area contributed by atoms with Crippen LogP contribution in [0.5, 0.6) is 0 Å². The van der Waals surface area contributed by atoms with Gasteiger partial charge >= 0.3 is 0 Å². The molecule has 0 spiro atoms. The lowest BCUT2D eigenvalue weighted by atomic mass is 10.2. The molecule has 0 bridgehead atoms. The maximum Gasteiger partial charge on any atom is 0.277 e. The Morgan fingerprint density at radius 3 is 2.83 bits per heavy atom. The highest BCUT2D eigenvalue weighted by atomic mass is 32.2. The average Bonchev–Trinajstić information content (AvgIpc) is 3.01. The summed E-state index contributed by atoms with van der Waals surface area (Å²) < 4.78 is 11.2. The number of nitrogens with zero attached hydrogens (tertiary/aromatic N) is 4. The van der Waals surface area contributed by atoms with Gasteiger partial charge in [0.2, 0.25) is 11.8 Å². The molecule has 23 heavy (non-hydrogen) atoms. The monoisotopic (exact) mass is 334 g/mol. The molecule has 0 saturated carbocycles. The second-order valence-electron chi connectivity index (χ2n) is 5.46. The van der Waals surface area contributed by atoms with E-state index in [1.165, 1.54) is 11.8 Å². The first-order valence-corrected chi connectivity index (χ1v) is 8.40. The molecule has 1 saturated heterocycles. The molecule has 0 radical (unpaired) electrons. The van der Waals surface area contributed by atoms with Gasteiger partial charge in [0.1, 0.15) is 0 Å². The summed E-state index contributed by atoms with van der Waals surface area (Å²) >= 11 is 1.25. The molecule has 0 N–H and O–H groups in total. The lowest BCUT2D eigenvalue weighted by Crippen LogP contribution is -2.48. The molecule has 1 aliphatic heterocycles. The zero-order chi connectivity index (χ0) is 16.2. The van der Waals surface area contributed by atoms with E-state index in [1.54, 1.807) is 18.5 Å². The standard InChI is InChI=1S/C15H18N4O3S/c1-10-7-19(8-11(2)21-10)13(20)9-23-15-18-17-14(22-15)12-4-3-5-16-6-12/h3-6,10-11H,7-9H2,1-2H3. The minimum Gasteiger partial charge on any atom is -0.411 e. The zero-order valence-electron chi connectivity index (χ0n) is 13.0. The van der Waals surface area contributed by atoms with E-state index < -0.39 is 0 Å². The van der Waals surface area contributed by atoms with Crippen LogP contribution in [-0.4, -0.2) is 57.0 Å². The number of thioether (sulfide) groups is 1. The number of morpholine rings is 1. The summed E-state index contributed by atoms with van der Waals surface area (Å²) in [5.41, 5.74) is 0.758. The molecule has 8 heteroatoms. The average molecular weight is 334 g/mol. The molecule has 1 amide bonds. The number of carbonyl (C=O) groups excluding carboxylic acids is 1. The molecule has 7 nitrogen and oxygen atoms in total. The van der Waals surface area contributed by atoms with E-state index in [-0.39, 0.29) is 23.9 Å². The van der Waals surface area contributed by atoms with Gasteiger partial charge in [-0.1, -0.05) is 11.8 Å². The Morgan fingerprint density at radius 1 is 1.35 bits per heavy atom. The molecule has 1 aliphatic rings. The predicted octanol–water partition coefficient (Wildman–Crippen LogP) is 1.86. The summed E-state index contributed by atoms with van der Waals surface area (Å²) in [5.74, 6) is 0.730. The van der Waals surface area contributed by atoms with Gasteiger partial charge in [-0.2, -0.15) is 0 Å². The van der Waals surface area contributed by atoms with Gasteiger partial charge in [0.25, 0.3) is 5.22 Å². The summed E-state index contributed by atoms with van der Waals surface area (Å²) in [6.45, 7) is 5.19. The van der Waals surface area contributed by atoms with Crippen molar-refractivity contribution in [3.63, 3.8) is 0 Å². The minimum atomic E-state index is 0.0538. The van der Waals surface area contributed by atoms with E-state index in [9.17, 15) is 4.79 Å². The van der Waals surface area contributed by atoms with Crippen molar-refractivity contribution in [3.8, 4) is 11.5 Å². The van der Waals surface area contributed by atoms with Gasteiger partial charge < -0.3 is 14.1 Å². The van der Waals surface area contributed by atoms with Gasteiger partial charge in [-0.3, -0.25) is 9.78 Å². The fourth-order valence-electron chi connectivity index (χ4n) is 2.47. The topological polar surface area (TPSA) is 81.4 Å². The van der Waals surface area contributed by atoms with Crippen molar-refractivity contribution in [2.45, 2.75) is 31.3 Å². The van der Waals surface area contributed by atoms with Crippen LogP contribution in [0, 0.1) is 0 Å². The summed E-state index contributed by atoms with van der Waals surface area (Å²) in [6.07, 6.45) is 3.46. The van der Waals surface area contributed by atoms with Crippen molar-refractivity contribution in [2.24, 2.45) is 0 Å². The van der Waals surface area contributed by atoms with Crippen molar-refractivity contribution in [3.05, 3.63) is 24.5 Å². The van der Waals surface area contributed by atoms with Crippen molar-refractivity contribution in [1.82, 2.24) is 20.1 Å². The van der Waals surface area contributed by atoms with Crippen molar-refractivity contribution in [2.75, 3.05) is 18.8 Å². The van der Waals surface area contributed by atoms with Crippen LogP contribution in [0.15, 0.2) is 34.2 Å². The maximum atomic E-state index is 12.3. The first-order valence-electron chi connectivity index (χ1n) is 7.42. The summed E-state index contributed by atoms with van der Waals surface area (Å²) in [6, 6.07) is 3.65. The van der Waals surface area contributed by atoms with E-state index in [0.29, 0.717) is 24.2 Å². The smallest absolute Gasteiger partial charge is 0.277 e. The summed E-state index contributed by atoms with van der Waals surface area (Å²) in [5, 5.41) is 8.32. The van der Waals surface area contributed by atoms with E-state index in [2.05, 4.69) is 15.2 Å². The van der Waals surface area contributed by atoms with Gasteiger partial charge in [0, 0.05) is 25.5 Å². The molecule has 2 aromatic rings. The molecule has 0 aliphatic carbocycles. The summed E-state index contributed by atoms with van der Waals surface area (Å²) in [7, 11) is 0. The van der Waals surface area contributed by atoms with E-state index in [0.717, 1.165) is 5.56 Å². The number of hydrogen-bond donors (Lipinski definition) is 0. The lowest BCUT2D eigenvalue weighted by molar-refractivity contribution is -0.140. The highest BCUT2D eigenvalue weighted by Crippen LogP contribution is 2.23. The summed E-state index contributed by atoms with van der Waals surface area (Å²) in [4.78, 5) is 18.1. The first-order chi connectivity index (χ1) is 11.1. The van der Waals surface area contributed by atoms with Crippen LogP contribution in [0.1, 0.15) is 13.8 Å². The Bertz CT molecular complexity index is 654. The van der Waals surface area contributed by atoms with Gasteiger partial charge in [-0.15, -0.1) is 10.2 Å². The van der Waals surface area contributed by atoms with Crippen LogP contribution in [0.2, 0.25) is 0 Å². The third kappa shape index (κ3) is 4.08. The van der Waals surface area contributed by atoms with Crippen molar-refractivity contribution >= 4 is 17.7 Å². The SMILES string of the molecule is CC1CN(C(=O)CSc2nnc(-c3cccnc3)o2)CC(C)O1. The second-order valence-corrected chi connectivity index (χ2v) is 6.39. The Balaban J connectivity index is 1.56. The zero-order valence-corrected chi connectivity index (χ0v) is 13.8. The van der Waals surface area contributed by atoms with Gasteiger partial charge in [0.15, 0.2) is 0 Å². The Morgan fingerprint density at radius 2 is 2.13 bits per heavy atom. The molecule has 122 valence electrons. The van der Waals surface area contributed by atoms with Crippen LogP contribution in [0.3, 0.4) is 0 Å². The van der Waals surface area contributed by atoms with E-state index >= 15 is 0 Å². The van der Waals surface area contributed by atoms with E-state index in [1.807, 2.05) is 24.8 Å².